The number of nitro groups is 1. The molecule has 0 atom stereocenters. The minimum absolute atomic E-state index is 0.0316. The lowest BCUT2D eigenvalue weighted by molar-refractivity contribution is -0.383. The summed E-state index contributed by atoms with van der Waals surface area (Å²) < 4.78 is 0. The van der Waals surface area contributed by atoms with Crippen LogP contribution in [-0.4, -0.2) is 28.6 Å². The Kier molecular flexibility index (Phi) is 3.50. The fourth-order valence-corrected chi connectivity index (χ4v) is 2.83. The first-order valence-corrected chi connectivity index (χ1v) is 7.06. The van der Waals surface area contributed by atoms with E-state index in [0.717, 1.165) is 18.4 Å². The van der Waals surface area contributed by atoms with Gasteiger partial charge in [-0.1, -0.05) is 0 Å². The first-order chi connectivity index (χ1) is 10.0. The molecule has 1 aromatic carbocycles. The summed E-state index contributed by atoms with van der Waals surface area (Å²) in [6.07, 6.45) is 2.24. The van der Waals surface area contributed by atoms with Crippen LogP contribution >= 0.6 is 0 Å². The Balaban J connectivity index is 1.80. The van der Waals surface area contributed by atoms with E-state index in [1.54, 1.807) is 6.07 Å². The van der Waals surface area contributed by atoms with Crippen molar-refractivity contribution >= 4 is 23.0 Å². The molecule has 1 saturated carbocycles. The monoisotopic (exact) mass is 291 g/mol. The summed E-state index contributed by atoms with van der Waals surface area (Å²) in [6, 6.07) is 3.17. The van der Waals surface area contributed by atoms with E-state index in [4.69, 9.17) is 0 Å². The highest BCUT2D eigenvalue weighted by Crippen LogP contribution is 2.35. The van der Waals surface area contributed by atoms with Gasteiger partial charge in [-0.3, -0.25) is 14.9 Å². The summed E-state index contributed by atoms with van der Waals surface area (Å²) in [6.45, 7) is 0.614. The minimum atomic E-state index is -0.445. The summed E-state index contributed by atoms with van der Waals surface area (Å²) in [4.78, 5) is 22.1. The quantitative estimate of drug-likeness (QED) is 0.578. The molecule has 0 saturated heterocycles. The maximum Gasteiger partial charge on any atom is 0.294 e. The van der Waals surface area contributed by atoms with Crippen LogP contribution in [0.4, 0.5) is 17.1 Å². The summed E-state index contributed by atoms with van der Waals surface area (Å²) in [5, 5.41) is 26.2. The second-order valence-electron chi connectivity index (χ2n) is 5.70. The topological polar surface area (TPSA) is 104 Å². The standard InChI is InChI=1S/C14H17N3O4/c18-10-3-8(4-10)7-15-12-5-9-1-2-14(19)16-11(9)6-13(12)17(20)21/h5-6,8,10,15,18H,1-4,7H2,(H,16,19). The van der Waals surface area contributed by atoms with E-state index >= 15 is 0 Å². The van der Waals surface area contributed by atoms with Crippen molar-refractivity contribution < 1.29 is 14.8 Å². The average molecular weight is 291 g/mol. The van der Waals surface area contributed by atoms with Gasteiger partial charge >= 0.3 is 0 Å². The Labute approximate surface area is 121 Å². The van der Waals surface area contributed by atoms with E-state index in [0.29, 0.717) is 36.7 Å². The third kappa shape index (κ3) is 2.82. The number of benzene rings is 1. The zero-order chi connectivity index (χ0) is 15.0. The van der Waals surface area contributed by atoms with Gasteiger partial charge in [-0.15, -0.1) is 0 Å². The van der Waals surface area contributed by atoms with Crippen molar-refractivity contribution in [3.63, 3.8) is 0 Å². The summed E-state index contributed by atoms with van der Waals surface area (Å²) in [5.74, 6) is 0.247. The van der Waals surface area contributed by atoms with Crippen molar-refractivity contribution in [3.8, 4) is 0 Å². The molecule has 1 fully saturated rings. The molecule has 0 unspecified atom stereocenters. The lowest BCUT2D eigenvalue weighted by Gasteiger charge is -2.31. The average Bonchev–Trinajstić information content (AvgIpc) is 2.41. The number of anilines is 2. The molecule has 1 heterocycles. The highest BCUT2D eigenvalue weighted by molar-refractivity contribution is 5.95. The van der Waals surface area contributed by atoms with Gasteiger partial charge in [0, 0.05) is 19.0 Å². The van der Waals surface area contributed by atoms with Gasteiger partial charge in [0.1, 0.15) is 5.69 Å². The van der Waals surface area contributed by atoms with Gasteiger partial charge in [-0.25, -0.2) is 0 Å². The molecule has 0 bridgehead atoms. The zero-order valence-electron chi connectivity index (χ0n) is 11.5. The van der Waals surface area contributed by atoms with Crippen molar-refractivity contribution in [3.05, 3.63) is 27.8 Å². The highest BCUT2D eigenvalue weighted by Gasteiger charge is 2.28. The molecule has 1 amide bonds. The number of carbonyl (C=O) groups is 1. The number of carbonyl (C=O) groups excluding carboxylic acids is 1. The Morgan fingerprint density at radius 1 is 1.38 bits per heavy atom. The molecule has 3 rings (SSSR count). The van der Waals surface area contributed by atoms with Crippen molar-refractivity contribution in [2.75, 3.05) is 17.2 Å². The van der Waals surface area contributed by atoms with E-state index in [9.17, 15) is 20.0 Å². The van der Waals surface area contributed by atoms with Crippen LogP contribution in [0.2, 0.25) is 0 Å². The Morgan fingerprint density at radius 3 is 2.81 bits per heavy atom. The van der Waals surface area contributed by atoms with Gasteiger partial charge in [0.15, 0.2) is 0 Å². The number of nitrogens with zero attached hydrogens (tertiary/aromatic N) is 1. The van der Waals surface area contributed by atoms with Gasteiger partial charge in [0.05, 0.1) is 16.7 Å². The third-order valence-corrected chi connectivity index (χ3v) is 4.11. The normalized spacial score (nSPS) is 23.8. The second kappa shape index (κ2) is 5.33. The number of aliphatic hydroxyl groups is 1. The smallest absolute Gasteiger partial charge is 0.294 e. The first-order valence-electron chi connectivity index (χ1n) is 7.06. The van der Waals surface area contributed by atoms with E-state index < -0.39 is 4.92 Å². The molecular weight excluding hydrogens is 274 g/mol. The van der Waals surface area contributed by atoms with E-state index in [2.05, 4.69) is 10.6 Å². The van der Waals surface area contributed by atoms with Crippen LogP contribution in [0.5, 0.6) is 0 Å². The van der Waals surface area contributed by atoms with Crippen LogP contribution < -0.4 is 10.6 Å². The largest absolute Gasteiger partial charge is 0.393 e. The summed E-state index contributed by atoms with van der Waals surface area (Å²) >= 11 is 0. The van der Waals surface area contributed by atoms with Crippen molar-refractivity contribution in [2.45, 2.75) is 31.8 Å². The number of fused-ring (bicyclic) bond motifs is 1. The predicted octanol–water partition coefficient (Wildman–Crippen LogP) is 1.66. The molecule has 21 heavy (non-hydrogen) atoms. The number of nitrogens with one attached hydrogen (secondary N) is 2. The molecule has 1 aliphatic heterocycles. The molecule has 3 N–H and O–H groups in total. The number of amides is 1. The predicted molar refractivity (Wildman–Crippen MR) is 77.3 cm³/mol. The fourth-order valence-electron chi connectivity index (χ4n) is 2.83. The van der Waals surface area contributed by atoms with Crippen molar-refractivity contribution in [1.82, 2.24) is 0 Å². The molecule has 0 spiro atoms. The van der Waals surface area contributed by atoms with Crippen LogP contribution in [0.3, 0.4) is 0 Å². The number of hydrogen-bond donors (Lipinski definition) is 3. The number of rotatable bonds is 4. The van der Waals surface area contributed by atoms with Crippen LogP contribution in [0, 0.1) is 16.0 Å². The molecule has 0 radical (unpaired) electrons. The van der Waals surface area contributed by atoms with Crippen molar-refractivity contribution in [2.24, 2.45) is 5.92 Å². The van der Waals surface area contributed by atoms with Crippen LogP contribution in [0.1, 0.15) is 24.8 Å². The maximum atomic E-state index is 11.4. The molecule has 2 aliphatic rings. The van der Waals surface area contributed by atoms with E-state index in [-0.39, 0.29) is 17.7 Å². The zero-order valence-corrected chi connectivity index (χ0v) is 11.5. The Bertz CT molecular complexity index is 596. The molecule has 1 aliphatic carbocycles. The Morgan fingerprint density at radius 2 is 2.14 bits per heavy atom. The molecular formula is C14H17N3O4. The molecule has 1 aromatic rings. The highest BCUT2D eigenvalue weighted by atomic mass is 16.6. The second-order valence-corrected chi connectivity index (χ2v) is 5.70. The van der Waals surface area contributed by atoms with Crippen LogP contribution in [-0.2, 0) is 11.2 Å². The van der Waals surface area contributed by atoms with E-state index in [1.807, 2.05) is 0 Å². The van der Waals surface area contributed by atoms with Gasteiger partial charge < -0.3 is 15.7 Å². The lowest BCUT2D eigenvalue weighted by Crippen LogP contribution is -2.33. The molecule has 7 nitrogen and oxygen atoms in total. The lowest BCUT2D eigenvalue weighted by atomic mass is 9.82. The maximum absolute atomic E-state index is 11.4. The van der Waals surface area contributed by atoms with Crippen LogP contribution in [0.25, 0.3) is 0 Å². The van der Waals surface area contributed by atoms with Gasteiger partial charge in [-0.05, 0) is 36.8 Å². The number of nitro benzene ring substituents is 1. The van der Waals surface area contributed by atoms with Crippen molar-refractivity contribution in [1.29, 1.82) is 0 Å². The summed E-state index contributed by atoms with van der Waals surface area (Å²) in [5.41, 5.74) is 1.89. The molecule has 7 heteroatoms. The third-order valence-electron chi connectivity index (χ3n) is 4.11. The minimum Gasteiger partial charge on any atom is -0.393 e. The van der Waals surface area contributed by atoms with E-state index in [1.165, 1.54) is 6.07 Å². The first kappa shape index (κ1) is 13.8. The molecule has 112 valence electrons. The fraction of sp³-hybridized carbons (Fsp3) is 0.500. The number of hydrogen-bond acceptors (Lipinski definition) is 5. The number of aliphatic hydroxyl groups excluding tert-OH is 1. The molecule has 0 aromatic heterocycles. The Hall–Kier alpha value is -2.15. The number of aryl methyl sites for hydroxylation is 1. The van der Waals surface area contributed by atoms with Crippen LogP contribution in [0.15, 0.2) is 12.1 Å². The van der Waals surface area contributed by atoms with Gasteiger partial charge in [0.25, 0.3) is 5.69 Å². The van der Waals surface area contributed by atoms with Gasteiger partial charge in [-0.2, -0.15) is 0 Å². The van der Waals surface area contributed by atoms with Gasteiger partial charge in [0.2, 0.25) is 5.91 Å². The summed E-state index contributed by atoms with van der Waals surface area (Å²) in [7, 11) is 0. The SMILES string of the molecule is O=C1CCc2cc(NCC3CC(O)C3)c([N+](=O)[O-])cc2N1.